The standard InChI is InChI=1S/C15H13BrClNO/c16-13-7-10(1-3-14(13)17)9-18-12-2-4-15-11(8-12)5-6-19-15/h1-4,7-8,18H,5-6,9H2. The second-order valence-corrected chi connectivity index (χ2v) is 5.78. The fourth-order valence-electron chi connectivity index (χ4n) is 2.15. The number of rotatable bonds is 3. The monoisotopic (exact) mass is 337 g/mol. The predicted molar refractivity (Wildman–Crippen MR) is 82.1 cm³/mol. The van der Waals surface area contributed by atoms with Crippen LogP contribution in [0.25, 0.3) is 0 Å². The zero-order valence-corrected chi connectivity index (χ0v) is 12.6. The molecule has 0 amide bonds. The van der Waals surface area contributed by atoms with Gasteiger partial charge >= 0.3 is 0 Å². The van der Waals surface area contributed by atoms with Crippen LogP contribution >= 0.6 is 27.5 Å². The third-order valence-electron chi connectivity index (χ3n) is 3.17. The minimum Gasteiger partial charge on any atom is -0.493 e. The molecular formula is C15H13BrClNO. The minimum absolute atomic E-state index is 0.735. The summed E-state index contributed by atoms with van der Waals surface area (Å²) in [6, 6.07) is 12.2. The van der Waals surface area contributed by atoms with Crippen LogP contribution in [0, 0.1) is 0 Å². The van der Waals surface area contributed by atoms with E-state index in [1.807, 2.05) is 24.3 Å². The average molecular weight is 339 g/mol. The molecule has 0 aliphatic carbocycles. The molecule has 3 rings (SSSR count). The van der Waals surface area contributed by atoms with Crippen LogP contribution in [0.3, 0.4) is 0 Å². The molecule has 0 saturated carbocycles. The largest absolute Gasteiger partial charge is 0.493 e. The summed E-state index contributed by atoms with van der Waals surface area (Å²) in [7, 11) is 0. The Morgan fingerprint density at radius 2 is 2.11 bits per heavy atom. The third kappa shape index (κ3) is 2.88. The normalized spacial score (nSPS) is 12.9. The first-order valence-electron chi connectivity index (χ1n) is 6.16. The van der Waals surface area contributed by atoms with Crippen molar-refractivity contribution in [3.63, 3.8) is 0 Å². The second-order valence-electron chi connectivity index (χ2n) is 4.52. The van der Waals surface area contributed by atoms with Crippen LogP contribution in [-0.2, 0) is 13.0 Å². The van der Waals surface area contributed by atoms with Gasteiger partial charge in [-0.15, -0.1) is 0 Å². The highest BCUT2D eigenvalue weighted by Crippen LogP contribution is 2.28. The minimum atomic E-state index is 0.735. The maximum absolute atomic E-state index is 5.98. The molecule has 0 fully saturated rings. The first kappa shape index (κ1) is 12.8. The van der Waals surface area contributed by atoms with Crippen molar-refractivity contribution in [2.75, 3.05) is 11.9 Å². The summed E-state index contributed by atoms with van der Waals surface area (Å²) < 4.78 is 6.42. The summed E-state index contributed by atoms with van der Waals surface area (Å²) >= 11 is 9.42. The molecule has 0 unspecified atom stereocenters. The van der Waals surface area contributed by atoms with Crippen LogP contribution in [0.5, 0.6) is 5.75 Å². The second kappa shape index (κ2) is 5.43. The van der Waals surface area contributed by atoms with Gasteiger partial charge in [-0.05, 0) is 57.4 Å². The number of fused-ring (bicyclic) bond motifs is 1. The van der Waals surface area contributed by atoms with Gasteiger partial charge in [-0.2, -0.15) is 0 Å². The molecule has 0 bridgehead atoms. The summed E-state index contributed by atoms with van der Waals surface area (Å²) in [5.41, 5.74) is 3.59. The first-order valence-corrected chi connectivity index (χ1v) is 7.33. The van der Waals surface area contributed by atoms with Crippen LogP contribution < -0.4 is 10.1 Å². The highest BCUT2D eigenvalue weighted by molar-refractivity contribution is 9.10. The first-order chi connectivity index (χ1) is 9.22. The van der Waals surface area contributed by atoms with Crippen molar-refractivity contribution in [3.05, 3.63) is 57.0 Å². The van der Waals surface area contributed by atoms with E-state index in [9.17, 15) is 0 Å². The summed E-state index contributed by atoms with van der Waals surface area (Å²) in [5, 5.41) is 4.15. The lowest BCUT2D eigenvalue weighted by Crippen LogP contribution is -1.99. The number of nitrogens with one attached hydrogen (secondary N) is 1. The van der Waals surface area contributed by atoms with E-state index >= 15 is 0 Å². The quantitative estimate of drug-likeness (QED) is 0.879. The van der Waals surface area contributed by atoms with E-state index in [1.54, 1.807) is 0 Å². The van der Waals surface area contributed by atoms with Gasteiger partial charge in [0.1, 0.15) is 5.75 Å². The summed E-state index contributed by atoms with van der Waals surface area (Å²) in [4.78, 5) is 0. The molecule has 1 heterocycles. The van der Waals surface area contributed by atoms with Gasteiger partial charge in [0.15, 0.2) is 0 Å². The number of halogens is 2. The number of hydrogen-bond acceptors (Lipinski definition) is 2. The van der Waals surface area contributed by atoms with E-state index in [0.717, 1.165) is 40.5 Å². The van der Waals surface area contributed by atoms with Crippen molar-refractivity contribution in [1.82, 2.24) is 0 Å². The molecule has 4 heteroatoms. The molecule has 19 heavy (non-hydrogen) atoms. The van der Waals surface area contributed by atoms with Gasteiger partial charge in [-0.3, -0.25) is 0 Å². The van der Waals surface area contributed by atoms with Crippen LogP contribution in [0.1, 0.15) is 11.1 Å². The molecule has 2 nitrogen and oxygen atoms in total. The Morgan fingerprint density at radius 1 is 1.21 bits per heavy atom. The van der Waals surface area contributed by atoms with E-state index in [-0.39, 0.29) is 0 Å². The number of benzene rings is 2. The smallest absolute Gasteiger partial charge is 0.122 e. The highest BCUT2D eigenvalue weighted by atomic mass is 79.9. The Balaban J connectivity index is 1.70. The Kier molecular flexibility index (Phi) is 3.67. The van der Waals surface area contributed by atoms with E-state index in [2.05, 4.69) is 33.4 Å². The maximum atomic E-state index is 5.98. The van der Waals surface area contributed by atoms with E-state index in [4.69, 9.17) is 16.3 Å². The zero-order valence-electron chi connectivity index (χ0n) is 10.2. The number of ether oxygens (including phenoxy) is 1. The van der Waals surface area contributed by atoms with Gasteiger partial charge in [0.25, 0.3) is 0 Å². The Morgan fingerprint density at radius 3 is 2.95 bits per heavy atom. The molecular weight excluding hydrogens is 326 g/mol. The molecule has 1 N–H and O–H groups in total. The van der Waals surface area contributed by atoms with E-state index < -0.39 is 0 Å². The number of hydrogen-bond donors (Lipinski definition) is 1. The summed E-state index contributed by atoms with van der Waals surface area (Å²) in [6.07, 6.45) is 0.997. The lowest BCUT2D eigenvalue weighted by molar-refractivity contribution is 0.357. The lowest BCUT2D eigenvalue weighted by Gasteiger charge is -2.09. The van der Waals surface area contributed by atoms with Gasteiger partial charge in [0.05, 0.1) is 11.6 Å². The van der Waals surface area contributed by atoms with Crippen molar-refractivity contribution in [3.8, 4) is 5.75 Å². The molecule has 0 aromatic heterocycles. The zero-order chi connectivity index (χ0) is 13.2. The molecule has 0 radical (unpaired) electrons. The van der Waals surface area contributed by atoms with Gasteiger partial charge in [0.2, 0.25) is 0 Å². The maximum Gasteiger partial charge on any atom is 0.122 e. The molecule has 0 spiro atoms. The van der Waals surface area contributed by atoms with Crippen LogP contribution in [0.4, 0.5) is 5.69 Å². The fraction of sp³-hybridized carbons (Fsp3) is 0.200. The molecule has 0 atom stereocenters. The molecule has 0 saturated heterocycles. The molecule has 1 aliphatic heterocycles. The summed E-state index contributed by atoms with van der Waals surface area (Å²) in [6.45, 7) is 1.57. The van der Waals surface area contributed by atoms with Crippen molar-refractivity contribution in [2.24, 2.45) is 0 Å². The SMILES string of the molecule is Clc1ccc(CNc2ccc3c(c2)CCO3)cc1Br. The van der Waals surface area contributed by atoms with Crippen LogP contribution in [0.2, 0.25) is 5.02 Å². The van der Waals surface area contributed by atoms with E-state index in [0.29, 0.717) is 0 Å². The molecule has 98 valence electrons. The predicted octanol–water partition coefficient (Wildman–Crippen LogP) is 4.65. The summed E-state index contributed by atoms with van der Waals surface area (Å²) in [5.74, 6) is 1.01. The highest BCUT2D eigenvalue weighted by Gasteiger charge is 2.11. The van der Waals surface area contributed by atoms with Crippen LogP contribution in [-0.4, -0.2) is 6.61 Å². The Labute approximate surface area is 125 Å². The molecule has 2 aromatic carbocycles. The van der Waals surface area contributed by atoms with Gasteiger partial charge in [-0.25, -0.2) is 0 Å². The van der Waals surface area contributed by atoms with Crippen LogP contribution in [0.15, 0.2) is 40.9 Å². The van der Waals surface area contributed by atoms with Gasteiger partial charge in [0, 0.05) is 23.1 Å². The third-order valence-corrected chi connectivity index (χ3v) is 4.38. The van der Waals surface area contributed by atoms with Crippen molar-refractivity contribution in [2.45, 2.75) is 13.0 Å². The molecule has 2 aromatic rings. The van der Waals surface area contributed by atoms with Crippen molar-refractivity contribution >= 4 is 33.2 Å². The topological polar surface area (TPSA) is 21.3 Å². The van der Waals surface area contributed by atoms with Gasteiger partial charge < -0.3 is 10.1 Å². The van der Waals surface area contributed by atoms with E-state index in [1.165, 1.54) is 11.1 Å². The van der Waals surface area contributed by atoms with Gasteiger partial charge in [-0.1, -0.05) is 17.7 Å². The Bertz CT molecular complexity index is 615. The van der Waals surface area contributed by atoms with Crippen molar-refractivity contribution in [1.29, 1.82) is 0 Å². The number of anilines is 1. The molecule has 1 aliphatic rings. The Hall–Kier alpha value is -1.19. The fourth-order valence-corrected chi connectivity index (χ4v) is 2.69. The lowest BCUT2D eigenvalue weighted by atomic mass is 10.1. The average Bonchev–Trinajstić information content (AvgIpc) is 2.87. The van der Waals surface area contributed by atoms with Crippen molar-refractivity contribution < 1.29 is 4.74 Å².